The van der Waals surface area contributed by atoms with Gasteiger partial charge in [-0.2, -0.15) is 0 Å². The molecule has 0 aliphatic heterocycles. The van der Waals surface area contributed by atoms with Crippen molar-refractivity contribution in [1.29, 1.82) is 0 Å². The number of methoxy groups -OCH3 is 1. The number of carbonyl (C=O) groups excluding carboxylic acids is 2. The molecule has 1 saturated carbocycles. The van der Waals surface area contributed by atoms with E-state index < -0.39 is 0 Å². The maximum Gasteiger partial charge on any atom is 0.217 e. The van der Waals surface area contributed by atoms with Gasteiger partial charge in [0.2, 0.25) is 5.91 Å². The van der Waals surface area contributed by atoms with Gasteiger partial charge in [-0.3, -0.25) is 14.2 Å². The molecular formula is C24H28N4O3S2. The molecule has 2 heterocycles. The van der Waals surface area contributed by atoms with Gasteiger partial charge >= 0.3 is 0 Å². The molecule has 33 heavy (non-hydrogen) atoms. The molecule has 0 radical (unpaired) electrons. The number of benzene rings is 1. The standard InChI is InChI=1S/C24H28N4O3S2/c1-16(29)25-14-20-12-13-22(33-20)21(30)15-32-24-27-26-23(17-8-10-19(31-2)11-9-17)28(24)18-6-4-3-5-7-18/h8-13,18H,3-7,14-15H2,1-2H3,(H,25,29). The van der Waals surface area contributed by atoms with E-state index in [1.54, 1.807) is 7.11 Å². The van der Waals surface area contributed by atoms with Crippen LogP contribution in [0.25, 0.3) is 11.4 Å². The topological polar surface area (TPSA) is 86.1 Å². The largest absolute Gasteiger partial charge is 0.497 e. The molecule has 1 aliphatic rings. The summed E-state index contributed by atoms with van der Waals surface area (Å²) in [4.78, 5) is 25.6. The van der Waals surface area contributed by atoms with Gasteiger partial charge in [0.25, 0.3) is 0 Å². The number of aromatic nitrogens is 3. The van der Waals surface area contributed by atoms with Crippen LogP contribution >= 0.6 is 23.1 Å². The molecule has 4 rings (SSSR count). The van der Waals surface area contributed by atoms with Crippen molar-refractivity contribution >= 4 is 34.8 Å². The molecule has 0 saturated heterocycles. The van der Waals surface area contributed by atoms with Crippen molar-refractivity contribution in [3.05, 3.63) is 46.2 Å². The number of amides is 1. The fourth-order valence-corrected chi connectivity index (χ4v) is 5.88. The maximum atomic E-state index is 12.8. The van der Waals surface area contributed by atoms with Gasteiger partial charge in [0.05, 0.1) is 24.3 Å². The van der Waals surface area contributed by atoms with Crippen LogP contribution in [0.5, 0.6) is 5.75 Å². The molecule has 1 aliphatic carbocycles. The van der Waals surface area contributed by atoms with Crippen LogP contribution in [0.1, 0.15) is 59.6 Å². The predicted molar refractivity (Wildman–Crippen MR) is 131 cm³/mol. The lowest BCUT2D eigenvalue weighted by atomic mass is 9.95. The number of ether oxygens (including phenoxy) is 1. The van der Waals surface area contributed by atoms with Crippen molar-refractivity contribution in [2.45, 2.75) is 56.8 Å². The van der Waals surface area contributed by atoms with Gasteiger partial charge in [-0.15, -0.1) is 21.5 Å². The average molecular weight is 485 g/mol. The SMILES string of the molecule is COc1ccc(-c2nnc(SCC(=O)c3ccc(CNC(C)=O)s3)n2C2CCCCC2)cc1. The highest BCUT2D eigenvalue weighted by Gasteiger charge is 2.24. The fourth-order valence-electron chi connectivity index (χ4n) is 4.02. The van der Waals surface area contributed by atoms with Crippen molar-refractivity contribution < 1.29 is 14.3 Å². The molecule has 0 unspecified atom stereocenters. The molecule has 174 valence electrons. The van der Waals surface area contributed by atoms with Gasteiger partial charge in [0, 0.05) is 23.4 Å². The predicted octanol–water partition coefficient (Wildman–Crippen LogP) is 5.13. The Bertz CT molecular complexity index is 1100. The number of rotatable bonds is 9. The molecular weight excluding hydrogens is 456 g/mol. The Morgan fingerprint density at radius 2 is 1.88 bits per heavy atom. The number of nitrogens with zero attached hydrogens (tertiary/aromatic N) is 3. The zero-order chi connectivity index (χ0) is 23.2. The third-order valence-corrected chi connectivity index (χ3v) is 7.80. The van der Waals surface area contributed by atoms with Crippen molar-refractivity contribution in [3.63, 3.8) is 0 Å². The zero-order valence-electron chi connectivity index (χ0n) is 18.9. The van der Waals surface area contributed by atoms with Crippen molar-refractivity contribution in [1.82, 2.24) is 20.1 Å². The number of hydrogen-bond donors (Lipinski definition) is 1. The summed E-state index contributed by atoms with van der Waals surface area (Å²) >= 11 is 2.87. The summed E-state index contributed by atoms with van der Waals surface area (Å²) in [6.07, 6.45) is 5.84. The van der Waals surface area contributed by atoms with E-state index in [1.165, 1.54) is 49.3 Å². The highest BCUT2D eigenvalue weighted by molar-refractivity contribution is 7.99. The lowest BCUT2D eigenvalue weighted by molar-refractivity contribution is -0.119. The van der Waals surface area contributed by atoms with Gasteiger partial charge in [0.15, 0.2) is 16.8 Å². The summed E-state index contributed by atoms with van der Waals surface area (Å²) in [5.41, 5.74) is 0.993. The van der Waals surface area contributed by atoms with Gasteiger partial charge in [-0.25, -0.2) is 0 Å². The highest BCUT2D eigenvalue weighted by Crippen LogP contribution is 2.36. The summed E-state index contributed by atoms with van der Waals surface area (Å²) in [6, 6.07) is 11.9. The molecule has 0 spiro atoms. The summed E-state index contributed by atoms with van der Waals surface area (Å²) < 4.78 is 7.52. The second kappa shape index (κ2) is 11.0. The van der Waals surface area contributed by atoms with Crippen LogP contribution in [0.15, 0.2) is 41.6 Å². The Labute approximate surface area is 201 Å². The Kier molecular flexibility index (Phi) is 7.82. The Morgan fingerprint density at radius 1 is 1.12 bits per heavy atom. The van der Waals surface area contributed by atoms with E-state index >= 15 is 0 Å². The summed E-state index contributed by atoms with van der Waals surface area (Å²) in [5.74, 6) is 1.92. The van der Waals surface area contributed by atoms with E-state index in [9.17, 15) is 9.59 Å². The number of thioether (sulfide) groups is 1. The van der Waals surface area contributed by atoms with Crippen LogP contribution in [0.3, 0.4) is 0 Å². The third kappa shape index (κ3) is 5.83. The molecule has 2 aromatic heterocycles. The fraction of sp³-hybridized carbons (Fsp3) is 0.417. The van der Waals surface area contributed by atoms with E-state index in [0.29, 0.717) is 23.2 Å². The summed E-state index contributed by atoms with van der Waals surface area (Å²) in [6.45, 7) is 1.93. The van der Waals surface area contributed by atoms with Crippen molar-refractivity contribution in [2.75, 3.05) is 12.9 Å². The van der Waals surface area contributed by atoms with E-state index in [1.807, 2.05) is 36.4 Å². The van der Waals surface area contributed by atoms with E-state index in [0.717, 1.165) is 40.0 Å². The average Bonchev–Trinajstić information content (AvgIpc) is 3.49. The summed E-state index contributed by atoms with van der Waals surface area (Å²) in [7, 11) is 1.65. The molecule has 1 aromatic carbocycles. The molecule has 0 bridgehead atoms. The molecule has 3 aromatic rings. The first-order chi connectivity index (χ1) is 16.0. The quantitative estimate of drug-likeness (QED) is 0.335. The summed E-state index contributed by atoms with van der Waals surface area (Å²) in [5, 5.41) is 12.5. The first-order valence-corrected chi connectivity index (χ1v) is 12.9. The van der Waals surface area contributed by atoms with Crippen LogP contribution in [0.4, 0.5) is 0 Å². The molecule has 9 heteroatoms. The molecule has 7 nitrogen and oxygen atoms in total. The number of thiophene rings is 1. The minimum absolute atomic E-state index is 0.0586. The van der Waals surface area contributed by atoms with E-state index in [4.69, 9.17) is 4.74 Å². The zero-order valence-corrected chi connectivity index (χ0v) is 20.5. The van der Waals surface area contributed by atoms with Gasteiger partial charge in [-0.05, 0) is 49.2 Å². The number of Topliss-reactive ketones (excluding diaryl/α,β-unsaturated/α-hetero) is 1. The van der Waals surface area contributed by atoms with Gasteiger partial charge in [-0.1, -0.05) is 31.0 Å². The van der Waals surface area contributed by atoms with Crippen LogP contribution in [-0.4, -0.2) is 39.3 Å². The monoisotopic (exact) mass is 484 g/mol. The number of nitrogens with one attached hydrogen (secondary N) is 1. The molecule has 1 N–H and O–H groups in total. The second-order valence-corrected chi connectivity index (χ2v) is 10.2. The first kappa shape index (κ1) is 23.5. The van der Waals surface area contributed by atoms with Crippen molar-refractivity contribution in [3.8, 4) is 17.1 Å². The van der Waals surface area contributed by atoms with Gasteiger partial charge < -0.3 is 10.1 Å². The Morgan fingerprint density at radius 3 is 2.58 bits per heavy atom. The third-order valence-electron chi connectivity index (χ3n) is 5.73. The maximum absolute atomic E-state index is 12.8. The normalized spacial score (nSPS) is 14.2. The Balaban J connectivity index is 1.51. The van der Waals surface area contributed by atoms with Crippen LogP contribution in [-0.2, 0) is 11.3 Å². The molecule has 1 fully saturated rings. The lowest BCUT2D eigenvalue weighted by Gasteiger charge is -2.25. The number of carbonyl (C=O) groups is 2. The van der Waals surface area contributed by atoms with Crippen LogP contribution in [0.2, 0.25) is 0 Å². The first-order valence-electron chi connectivity index (χ1n) is 11.1. The minimum atomic E-state index is -0.0819. The Hall–Kier alpha value is -2.65. The number of ketones is 1. The van der Waals surface area contributed by atoms with Crippen molar-refractivity contribution in [2.24, 2.45) is 0 Å². The van der Waals surface area contributed by atoms with Crippen LogP contribution in [0, 0.1) is 0 Å². The smallest absolute Gasteiger partial charge is 0.217 e. The molecule has 0 atom stereocenters. The van der Waals surface area contributed by atoms with Gasteiger partial charge in [0.1, 0.15) is 5.75 Å². The minimum Gasteiger partial charge on any atom is -0.497 e. The van der Waals surface area contributed by atoms with Crippen LogP contribution < -0.4 is 10.1 Å². The molecule has 1 amide bonds. The number of hydrogen-bond acceptors (Lipinski definition) is 7. The highest BCUT2D eigenvalue weighted by atomic mass is 32.2. The second-order valence-electron chi connectivity index (χ2n) is 8.08. The van der Waals surface area contributed by atoms with E-state index in [2.05, 4.69) is 20.1 Å². The van der Waals surface area contributed by atoms with E-state index in [-0.39, 0.29) is 11.7 Å². The lowest BCUT2D eigenvalue weighted by Crippen LogP contribution is -2.18.